The SMILES string of the molecule is Cc1cc(NC(=O)C(C)SCC(=O)Nc2cccc(Cn3cccn3)c2)no1. The number of nitrogens with zero attached hydrogens (tertiary/aromatic N) is 3. The number of carbonyl (C=O) groups excluding carboxylic acids is 2. The molecular formula is C19H21N5O3S. The summed E-state index contributed by atoms with van der Waals surface area (Å²) in [4.78, 5) is 24.4. The fourth-order valence-corrected chi connectivity index (χ4v) is 3.14. The van der Waals surface area contributed by atoms with Gasteiger partial charge in [0.1, 0.15) is 5.76 Å². The van der Waals surface area contributed by atoms with Gasteiger partial charge in [-0.05, 0) is 37.6 Å². The second kappa shape index (κ2) is 9.23. The van der Waals surface area contributed by atoms with Crippen LogP contribution in [0.3, 0.4) is 0 Å². The Morgan fingerprint density at radius 3 is 2.82 bits per heavy atom. The smallest absolute Gasteiger partial charge is 0.238 e. The Labute approximate surface area is 166 Å². The summed E-state index contributed by atoms with van der Waals surface area (Å²) in [7, 11) is 0. The molecule has 0 fully saturated rings. The van der Waals surface area contributed by atoms with Crippen LogP contribution in [0.5, 0.6) is 0 Å². The van der Waals surface area contributed by atoms with Crippen LogP contribution < -0.4 is 10.6 Å². The molecule has 2 amide bonds. The summed E-state index contributed by atoms with van der Waals surface area (Å²) >= 11 is 1.25. The van der Waals surface area contributed by atoms with Gasteiger partial charge in [-0.2, -0.15) is 5.10 Å². The van der Waals surface area contributed by atoms with Gasteiger partial charge in [0.25, 0.3) is 0 Å². The van der Waals surface area contributed by atoms with Crippen molar-refractivity contribution in [3.05, 3.63) is 60.1 Å². The van der Waals surface area contributed by atoms with E-state index in [0.29, 0.717) is 23.8 Å². The number of carbonyl (C=O) groups is 2. The molecule has 8 nitrogen and oxygen atoms in total. The molecule has 2 heterocycles. The van der Waals surface area contributed by atoms with Crippen molar-refractivity contribution in [3.63, 3.8) is 0 Å². The van der Waals surface area contributed by atoms with E-state index in [4.69, 9.17) is 4.52 Å². The summed E-state index contributed by atoms with van der Waals surface area (Å²) in [6.45, 7) is 4.12. The molecule has 3 aromatic rings. The molecule has 0 aliphatic carbocycles. The Kier molecular flexibility index (Phi) is 6.49. The molecule has 28 heavy (non-hydrogen) atoms. The molecule has 0 spiro atoms. The zero-order valence-corrected chi connectivity index (χ0v) is 16.4. The van der Waals surface area contributed by atoms with Crippen LogP contribution >= 0.6 is 11.8 Å². The molecule has 0 saturated heterocycles. The van der Waals surface area contributed by atoms with E-state index in [9.17, 15) is 9.59 Å². The topological polar surface area (TPSA) is 102 Å². The van der Waals surface area contributed by atoms with Crippen molar-refractivity contribution in [2.45, 2.75) is 25.6 Å². The molecule has 9 heteroatoms. The number of thioether (sulfide) groups is 1. The molecule has 0 bridgehead atoms. The zero-order valence-electron chi connectivity index (χ0n) is 15.6. The van der Waals surface area contributed by atoms with Gasteiger partial charge in [-0.1, -0.05) is 17.3 Å². The molecule has 2 N–H and O–H groups in total. The molecule has 1 aromatic carbocycles. The summed E-state index contributed by atoms with van der Waals surface area (Å²) in [5.74, 6) is 0.749. The van der Waals surface area contributed by atoms with E-state index in [0.717, 1.165) is 5.56 Å². The minimum atomic E-state index is -0.408. The molecule has 3 rings (SSSR count). The lowest BCUT2D eigenvalue weighted by atomic mass is 10.2. The number of anilines is 2. The number of nitrogens with one attached hydrogen (secondary N) is 2. The van der Waals surface area contributed by atoms with Crippen LogP contribution in [0.15, 0.2) is 53.3 Å². The number of benzene rings is 1. The van der Waals surface area contributed by atoms with Crippen molar-refractivity contribution in [1.82, 2.24) is 14.9 Å². The van der Waals surface area contributed by atoms with Gasteiger partial charge in [-0.15, -0.1) is 11.8 Å². The highest BCUT2D eigenvalue weighted by Gasteiger charge is 2.17. The highest BCUT2D eigenvalue weighted by Crippen LogP contribution is 2.16. The summed E-state index contributed by atoms with van der Waals surface area (Å²) < 4.78 is 6.72. The molecule has 1 unspecified atom stereocenters. The number of hydrogen-bond donors (Lipinski definition) is 2. The van der Waals surface area contributed by atoms with E-state index in [2.05, 4.69) is 20.9 Å². The first kappa shape index (κ1) is 19.7. The Balaban J connectivity index is 1.46. The Morgan fingerprint density at radius 1 is 1.25 bits per heavy atom. The van der Waals surface area contributed by atoms with Crippen molar-refractivity contribution in [2.24, 2.45) is 0 Å². The van der Waals surface area contributed by atoms with E-state index in [1.54, 1.807) is 26.1 Å². The van der Waals surface area contributed by atoms with E-state index in [1.165, 1.54) is 11.8 Å². The van der Waals surface area contributed by atoms with Gasteiger partial charge in [-0.25, -0.2) is 0 Å². The molecule has 2 aromatic heterocycles. The first-order valence-corrected chi connectivity index (χ1v) is 9.76. The largest absolute Gasteiger partial charge is 0.360 e. The van der Waals surface area contributed by atoms with Gasteiger partial charge in [-0.3, -0.25) is 14.3 Å². The fraction of sp³-hybridized carbons (Fsp3) is 0.263. The third-order valence-electron chi connectivity index (χ3n) is 3.83. The van der Waals surface area contributed by atoms with Crippen LogP contribution in [0.25, 0.3) is 0 Å². The first-order chi connectivity index (χ1) is 13.5. The average Bonchev–Trinajstić information content (AvgIpc) is 3.31. The van der Waals surface area contributed by atoms with Crippen LogP contribution in [-0.4, -0.2) is 37.8 Å². The maximum Gasteiger partial charge on any atom is 0.238 e. The third-order valence-corrected chi connectivity index (χ3v) is 4.97. The summed E-state index contributed by atoms with van der Waals surface area (Å²) in [6.07, 6.45) is 3.61. The zero-order chi connectivity index (χ0) is 19.9. The minimum absolute atomic E-state index is 0.163. The van der Waals surface area contributed by atoms with Crippen molar-refractivity contribution in [3.8, 4) is 0 Å². The normalized spacial score (nSPS) is 11.8. The molecular weight excluding hydrogens is 378 g/mol. The molecule has 1 atom stereocenters. The molecule has 0 radical (unpaired) electrons. The number of aryl methyl sites for hydroxylation is 1. The summed E-state index contributed by atoms with van der Waals surface area (Å²) in [5, 5.41) is 13.0. The summed E-state index contributed by atoms with van der Waals surface area (Å²) in [6, 6.07) is 11.1. The second-order valence-corrected chi connectivity index (χ2v) is 7.55. The maximum atomic E-state index is 12.2. The highest BCUT2D eigenvalue weighted by atomic mass is 32.2. The van der Waals surface area contributed by atoms with Crippen LogP contribution in [0.4, 0.5) is 11.5 Å². The van der Waals surface area contributed by atoms with E-state index in [1.807, 2.05) is 41.2 Å². The predicted octanol–water partition coefficient (Wildman–Crippen LogP) is 2.93. The van der Waals surface area contributed by atoms with Gasteiger partial charge in [0.05, 0.1) is 17.5 Å². The van der Waals surface area contributed by atoms with Crippen molar-refractivity contribution in [1.29, 1.82) is 0 Å². The van der Waals surface area contributed by atoms with Gasteiger partial charge in [0.15, 0.2) is 5.82 Å². The second-order valence-electron chi connectivity index (χ2n) is 6.22. The lowest BCUT2D eigenvalue weighted by Crippen LogP contribution is -2.25. The predicted molar refractivity (Wildman–Crippen MR) is 108 cm³/mol. The Hall–Kier alpha value is -3.07. The van der Waals surface area contributed by atoms with Crippen molar-refractivity contribution < 1.29 is 14.1 Å². The van der Waals surface area contributed by atoms with Gasteiger partial charge in [0, 0.05) is 24.1 Å². The number of rotatable bonds is 8. The van der Waals surface area contributed by atoms with Crippen molar-refractivity contribution in [2.75, 3.05) is 16.4 Å². The lowest BCUT2D eigenvalue weighted by molar-refractivity contribution is -0.115. The minimum Gasteiger partial charge on any atom is -0.360 e. The highest BCUT2D eigenvalue weighted by molar-refractivity contribution is 8.01. The van der Waals surface area contributed by atoms with E-state index < -0.39 is 5.25 Å². The molecule has 0 saturated carbocycles. The monoisotopic (exact) mass is 399 g/mol. The standard InChI is InChI=1S/C19H21N5O3S/c1-13-9-17(23-27-13)22-19(26)14(2)28-12-18(25)21-16-6-3-5-15(10-16)11-24-8-4-7-20-24/h3-10,14H,11-12H2,1-2H3,(H,21,25)(H,22,23,26). The fourth-order valence-electron chi connectivity index (χ4n) is 2.46. The lowest BCUT2D eigenvalue weighted by Gasteiger charge is -2.11. The third kappa shape index (κ3) is 5.71. The Bertz CT molecular complexity index is 939. The first-order valence-electron chi connectivity index (χ1n) is 8.71. The van der Waals surface area contributed by atoms with Crippen LogP contribution in [0.1, 0.15) is 18.2 Å². The molecule has 146 valence electrons. The number of hydrogen-bond acceptors (Lipinski definition) is 6. The summed E-state index contributed by atoms with van der Waals surface area (Å²) in [5.41, 5.74) is 1.75. The van der Waals surface area contributed by atoms with Gasteiger partial charge < -0.3 is 15.2 Å². The van der Waals surface area contributed by atoms with Crippen LogP contribution in [0, 0.1) is 6.92 Å². The number of aromatic nitrogens is 3. The number of amides is 2. The van der Waals surface area contributed by atoms with Crippen LogP contribution in [0.2, 0.25) is 0 Å². The van der Waals surface area contributed by atoms with E-state index >= 15 is 0 Å². The quantitative estimate of drug-likeness (QED) is 0.604. The molecule has 0 aliphatic heterocycles. The average molecular weight is 399 g/mol. The maximum absolute atomic E-state index is 12.2. The van der Waals surface area contributed by atoms with Gasteiger partial charge >= 0.3 is 0 Å². The van der Waals surface area contributed by atoms with Crippen LogP contribution in [-0.2, 0) is 16.1 Å². The van der Waals surface area contributed by atoms with Crippen molar-refractivity contribution >= 4 is 35.1 Å². The Morgan fingerprint density at radius 2 is 2.11 bits per heavy atom. The van der Waals surface area contributed by atoms with E-state index in [-0.39, 0.29) is 17.6 Å². The molecule has 0 aliphatic rings. The van der Waals surface area contributed by atoms with Gasteiger partial charge in [0.2, 0.25) is 11.8 Å².